The van der Waals surface area contributed by atoms with Crippen LogP contribution in [0.25, 0.3) is 10.8 Å². The lowest BCUT2D eigenvalue weighted by Crippen LogP contribution is -2.41. The monoisotopic (exact) mass is 667 g/mol. The number of ether oxygens (including phenoxy) is 1. The molecule has 3 aliphatic heterocycles. The summed E-state index contributed by atoms with van der Waals surface area (Å²) < 4.78 is 6.28. The lowest BCUT2D eigenvalue weighted by molar-refractivity contribution is 0.187. The molecule has 1 atom stereocenters. The van der Waals surface area contributed by atoms with Gasteiger partial charge in [-0.15, -0.1) is 0 Å². The average molecular weight is 668 g/mol. The van der Waals surface area contributed by atoms with Gasteiger partial charge in [0.1, 0.15) is 18.2 Å². The van der Waals surface area contributed by atoms with Crippen molar-refractivity contribution in [2.75, 3.05) is 74.7 Å². The summed E-state index contributed by atoms with van der Waals surface area (Å²) in [6.07, 6.45) is 8.15. The number of piperidine rings is 1. The van der Waals surface area contributed by atoms with E-state index in [9.17, 15) is 0 Å². The minimum absolute atomic E-state index is 0. The number of rotatable bonds is 9. The first-order valence-electron chi connectivity index (χ1n) is 17.7. The first-order chi connectivity index (χ1) is 23.4. The molecule has 264 valence electrons. The first kappa shape index (κ1) is 36.3. The molecule has 3 aliphatic rings. The first-order valence-corrected chi connectivity index (χ1v) is 17.7. The van der Waals surface area contributed by atoms with Gasteiger partial charge in [-0.05, 0) is 94.7 Å². The Kier molecular flexibility index (Phi) is 12.7. The Labute approximate surface area is 293 Å². The largest absolute Gasteiger partial charge is 0.462 e. The molecular formula is C39H57N9O. The molecule has 7 rings (SSSR count). The number of hydrogen-bond donors (Lipinski definition) is 2. The maximum Gasteiger partial charge on any atom is 0.318 e. The van der Waals surface area contributed by atoms with Crippen molar-refractivity contribution in [3.63, 3.8) is 0 Å². The predicted molar refractivity (Wildman–Crippen MR) is 204 cm³/mol. The number of fused-ring (bicyclic) bond motifs is 2. The van der Waals surface area contributed by atoms with Gasteiger partial charge in [0.25, 0.3) is 0 Å². The molecule has 0 aliphatic carbocycles. The summed E-state index contributed by atoms with van der Waals surface area (Å²) in [5.74, 6) is 2.07. The van der Waals surface area contributed by atoms with Crippen LogP contribution in [0.2, 0.25) is 0 Å². The SMILES string of the molecule is C.CN(CCCN)c1ccccn1.Cc1cccc2cccc(N3CCc4c(nc(OC[C@@H]5CCCN5C)nc4N4CCC(N)CC4)C3)c12. The van der Waals surface area contributed by atoms with Crippen LogP contribution in [0.3, 0.4) is 0 Å². The molecule has 2 aromatic heterocycles. The van der Waals surface area contributed by atoms with Crippen molar-refractivity contribution in [2.45, 2.75) is 71.5 Å². The third-order valence-corrected chi connectivity index (χ3v) is 10.1. The Hall–Kier alpha value is -3.99. The smallest absolute Gasteiger partial charge is 0.318 e. The van der Waals surface area contributed by atoms with E-state index in [1.807, 2.05) is 25.2 Å². The number of nitrogens with two attached hydrogens (primary N) is 2. The molecule has 0 saturated carbocycles. The Bertz CT molecular complexity index is 1620. The summed E-state index contributed by atoms with van der Waals surface area (Å²) >= 11 is 0. The fraction of sp³-hybridized carbons (Fsp3) is 0.513. The van der Waals surface area contributed by atoms with Gasteiger partial charge in [0.15, 0.2) is 0 Å². The second kappa shape index (κ2) is 17.1. The van der Waals surface area contributed by atoms with Gasteiger partial charge in [-0.2, -0.15) is 9.97 Å². The number of nitrogens with zero attached hydrogens (tertiary/aromatic N) is 7. The number of aryl methyl sites for hydroxylation is 1. The van der Waals surface area contributed by atoms with E-state index in [1.165, 1.54) is 40.4 Å². The highest BCUT2D eigenvalue weighted by molar-refractivity contribution is 5.97. The van der Waals surface area contributed by atoms with E-state index in [0.29, 0.717) is 18.7 Å². The number of pyridine rings is 1. The molecule has 2 fully saturated rings. The van der Waals surface area contributed by atoms with Gasteiger partial charge in [0.2, 0.25) is 0 Å². The summed E-state index contributed by atoms with van der Waals surface area (Å²) in [6, 6.07) is 20.3. The van der Waals surface area contributed by atoms with Crippen LogP contribution in [0.5, 0.6) is 6.01 Å². The molecule has 0 bridgehead atoms. The van der Waals surface area contributed by atoms with Crippen LogP contribution in [0.15, 0.2) is 60.8 Å². The number of likely N-dealkylation sites (tertiary alicyclic amines) is 1. The second-order valence-corrected chi connectivity index (χ2v) is 13.5. The molecule has 0 amide bonds. The highest BCUT2D eigenvalue weighted by atomic mass is 16.5. The third kappa shape index (κ3) is 8.79. The van der Waals surface area contributed by atoms with Crippen LogP contribution < -0.4 is 30.9 Å². The van der Waals surface area contributed by atoms with E-state index in [-0.39, 0.29) is 13.5 Å². The predicted octanol–water partition coefficient (Wildman–Crippen LogP) is 5.40. The molecule has 10 heteroatoms. The van der Waals surface area contributed by atoms with Gasteiger partial charge in [-0.25, -0.2) is 4.98 Å². The highest BCUT2D eigenvalue weighted by Gasteiger charge is 2.29. The molecule has 2 aromatic carbocycles. The highest BCUT2D eigenvalue weighted by Crippen LogP contribution is 2.36. The van der Waals surface area contributed by atoms with Crippen LogP contribution in [-0.2, 0) is 13.0 Å². The summed E-state index contributed by atoms with van der Waals surface area (Å²) in [5.41, 5.74) is 16.6. The van der Waals surface area contributed by atoms with Crippen molar-refractivity contribution in [1.82, 2.24) is 19.9 Å². The van der Waals surface area contributed by atoms with Crippen LogP contribution in [0.1, 0.15) is 56.4 Å². The summed E-state index contributed by atoms with van der Waals surface area (Å²) in [7, 11) is 4.21. The number of aromatic nitrogens is 3. The van der Waals surface area contributed by atoms with Crippen LogP contribution >= 0.6 is 0 Å². The minimum atomic E-state index is 0. The van der Waals surface area contributed by atoms with Gasteiger partial charge in [0, 0.05) is 68.1 Å². The van der Waals surface area contributed by atoms with Gasteiger partial charge in [-0.1, -0.05) is 43.8 Å². The number of hydrogen-bond acceptors (Lipinski definition) is 10. The molecule has 49 heavy (non-hydrogen) atoms. The standard InChI is InChI=1S/C29H38N6O.C9H15N3.CH4/c1-20-6-3-7-21-8-4-10-26(27(20)21)35-17-13-24-25(18-35)31-29(36-19-23-9-5-14-33(23)2)32-28(24)34-15-11-22(30)12-16-34;1-12(8-4-6-10)9-5-2-3-7-11-9;/h3-4,6-8,10,22-23H,5,9,11-19,30H2,1-2H3;2-3,5,7H,4,6,8,10H2,1H3;1H4/t23-;;/m0../s1. The molecule has 0 spiro atoms. The molecule has 2 saturated heterocycles. The number of likely N-dealkylation sites (N-methyl/N-ethyl adjacent to an activating group) is 1. The lowest BCUT2D eigenvalue weighted by atomic mass is 9.99. The number of anilines is 3. The minimum Gasteiger partial charge on any atom is -0.462 e. The van der Waals surface area contributed by atoms with Crippen molar-refractivity contribution in [3.05, 3.63) is 77.6 Å². The van der Waals surface area contributed by atoms with Gasteiger partial charge in [-0.3, -0.25) is 0 Å². The molecule has 4 aromatic rings. The molecular weight excluding hydrogens is 610 g/mol. The zero-order valence-corrected chi connectivity index (χ0v) is 29.0. The Morgan fingerprint density at radius 1 is 0.939 bits per heavy atom. The maximum atomic E-state index is 6.28. The second-order valence-electron chi connectivity index (χ2n) is 13.5. The van der Waals surface area contributed by atoms with Gasteiger partial charge >= 0.3 is 6.01 Å². The van der Waals surface area contributed by atoms with E-state index >= 15 is 0 Å². The van der Waals surface area contributed by atoms with Crippen LogP contribution in [-0.4, -0.2) is 91.9 Å². The Morgan fingerprint density at radius 2 is 1.73 bits per heavy atom. The maximum absolute atomic E-state index is 6.28. The van der Waals surface area contributed by atoms with E-state index in [2.05, 4.69) is 75.0 Å². The van der Waals surface area contributed by atoms with Crippen LogP contribution in [0, 0.1) is 6.92 Å². The Morgan fingerprint density at radius 3 is 2.45 bits per heavy atom. The average Bonchev–Trinajstić information content (AvgIpc) is 3.54. The summed E-state index contributed by atoms with van der Waals surface area (Å²) in [6.45, 7) is 9.30. The van der Waals surface area contributed by atoms with Gasteiger partial charge in [0.05, 0.1) is 12.2 Å². The third-order valence-electron chi connectivity index (χ3n) is 10.1. The molecule has 0 radical (unpaired) electrons. The van der Waals surface area contributed by atoms with Crippen molar-refractivity contribution in [1.29, 1.82) is 0 Å². The van der Waals surface area contributed by atoms with Crippen molar-refractivity contribution >= 4 is 28.1 Å². The van der Waals surface area contributed by atoms with E-state index < -0.39 is 0 Å². The van der Waals surface area contributed by atoms with Crippen molar-refractivity contribution in [3.8, 4) is 6.01 Å². The Balaban J connectivity index is 0.000000307. The number of benzene rings is 2. The van der Waals surface area contributed by atoms with E-state index in [1.54, 1.807) is 6.20 Å². The molecule has 5 heterocycles. The van der Waals surface area contributed by atoms with Crippen molar-refractivity contribution < 1.29 is 4.74 Å². The molecule has 10 nitrogen and oxygen atoms in total. The summed E-state index contributed by atoms with van der Waals surface area (Å²) in [4.78, 5) is 23.6. The van der Waals surface area contributed by atoms with E-state index in [0.717, 1.165) is 88.8 Å². The van der Waals surface area contributed by atoms with Gasteiger partial charge < -0.3 is 35.8 Å². The summed E-state index contributed by atoms with van der Waals surface area (Å²) in [5, 5.41) is 2.62. The van der Waals surface area contributed by atoms with Crippen molar-refractivity contribution in [2.24, 2.45) is 11.5 Å². The molecule has 0 unspecified atom stereocenters. The zero-order valence-electron chi connectivity index (χ0n) is 29.0. The zero-order chi connectivity index (χ0) is 33.5. The molecule has 4 N–H and O–H groups in total. The quantitative estimate of drug-likeness (QED) is 0.241. The fourth-order valence-electron chi connectivity index (χ4n) is 7.18. The topological polar surface area (TPSA) is 113 Å². The normalized spacial score (nSPS) is 18.0. The van der Waals surface area contributed by atoms with E-state index in [4.69, 9.17) is 26.2 Å². The lowest BCUT2D eigenvalue weighted by Gasteiger charge is -2.36. The van der Waals surface area contributed by atoms with Crippen LogP contribution in [0.4, 0.5) is 17.3 Å². The fourth-order valence-corrected chi connectivity index (χ4v) is 7.18.